The number of nitrogens with two attached hydrogens (primary N) is 1. The Labute approximate surface area is 115 Å². The number of aromatic nitrogens is 1. The summed E-state index contributed by atoms with van der Waals surface area (Å²) in [7, 11) is 0. The predicted octanol–water partition coefficient (Wildman–Crippen LogP) is 3.16. The van der Waals surface area contributed by atoms with E-state index in [1.54, 1.807) is 18.2 Å². The summed E-state index contributed by atoms with van der Waals surface area (Å²) in [6.07, 6.45) is 2.43. The number of nitrogens with zero attached hydrogens (tertiary/aromatic N) is 1. The smallest absolute Gasteiger partial charge is 0.257 e. The van der Waals surface area contributed by atoms with Crippen LogP contribution in [0, 0.1) is 6.92 Å². The van der Waals surface area contributed by atoms with Crippen LogP contribution in [-0.4, -0.2) is 10.9 Å². The van der Waals surface area contributed by atoms with Gasteiger partial charge in [-0.3, -0.25) is 10.1 Å². The molecule has 19 heavy (non-hydrogen) atoms. The highest BCUT2D eigenvalue weighted by Crippen LogP contribution is 2.40. The number of hydrogen-bond acceptors (Lipinski definition) is 4. The molecule has 0 aliphatic heterocycles. The third-order valence-corrected chi connectivity index (χ3v) is 4.05. The molecule has 1 aliphatic rings. The highest BCUT2D eigenvalue weighted by atomic mass is 32.1. The first-order chi connectivity index (χ1) is 9.13. The molecule has 3 rings (SSSR count). The van der Waals surface area contributed by atoms with E-state index in [0.29, 0.717) is 22.3 Å². The van der Waals surface area contributed by atoms with Crippen molar-refractivity contribution in [2.45, 2.75) is 25.7 Å². The van der Waals surface area contributed by atoms with Gasteiger partial charge in [-0.2, -0.15) is 0 Å². The van der Waals surface area contributed by atoms with Crippen molar-refractivity contribution in [1.29, 1.82) is 0 Å². The summed E-state index contributed by atoms with van der Waals surface area (Å²) in [5, 5.41) is 5.53. The summed E-state index contributed by atoms with van der Waals surface area (Å²) >= 11 is 1.48. The number of nitrogen functional groups attached to an aromatic ring is 1. The van der Waals surface area contributed by atoms with Crippen LogP contribution in [0.2, 0.25) is 0 Å². The molecule has 1 fully saturated rings. The molecule has 1 heterocycles. The van der Waals surface area contributed by atoms with Crippen LogP contribution in [0.3, 0.4) is 0 Å². The number of amides is 1. The molecule has 0 spiro atoms. The Morgan fingerprint density at radius 2 is 2.26 bits per heavy atom. The van der Waals surface area contributed by atoms with Gasteiger partial charge >= 0.3 is 0 Å². The van der Waals surface area contributed by atoms with Crippen LogP contribution in [0.1, 0.15) is 40.4 Å². The van der Waals surface area contributed by atoms with Crippen LogP contribution in [-0.2, 0) is 0 Å². The van der Waals surface area contributed by atoms with Gasteiger partial charge in [0.2, 0.25) is 0 Å². The summed E-state index contributed by atoms with van der Waals surface area (Å²) in [5.74, 6) is 0.473. The Hall–Kier alpha value is -1.88. The van der Waals surface area contributed by atoms with E-state index in [2.05, 4.69) is 10.3 Å². The number of rotatable bonds is 3. The lowest BCUT2D eigenvalue weighted by molar-refractivity contribution is 0.102. The maximum Gasteiger partial charge on any atom is 0.257 e. The van der Waals surface area contributed by atoms with Crippen LogP contribution in [0.25, 0.3) is 0 Å². The molecule has 1 aliphatic carbocycles. The zero-order valence-corrected chi connectivity index (χ0v) is 11.5. The zero-order valence-electron chi connectivity index (χ0n) is 10.6. The predicted molar refractivity (Wildman–Crippen MR) is 77.6 cm³/mol. The molecule has 1 aromatic heterocycles. The standard InChI is InChI=1S/C14H15N3OS/c1-8-6-10(4-5-11(8)15)13(18)17-14-16-12(7-19-14)9-2-3-9/h4-7,9H,2-3,15H2,1H3,(H,16,17,18). The molecule has 0 saturated heterocycles. The Kier molecular flexibility index (Phi) is 2.98. The van der Waals surface area contributed by atoms with Crippen LogP contribution in [0.5, 0.6) is 0 Å². The molecule has 1 amide bonds. The number of nitrogens with one attached hydrogen (secondary N) is 1. The first-order valence-electron chi connectivity index (χ1n) is 6.26. The molecular weight excluding hydrogens is 258 g/mol. The van der Waals surface area contributed by atoms with Crippen molar-refractivity contribution in [2.75, 3.05) is 11.1 Å². The highest BCUT2D eigenvalue weighted by molar-refractivity contribution is 7.14. The molecule has 98 valence electrons. The fourth-order valence-corrected chi connectivity index (χ4v) is 2.68. The lowest BCUT2D eigenvalue weighted by Crippen LogP contribution is -2.12. The number of carbonyl (C=O) groups excluding carboxylic acids is 1. The van der Waals surface area contributed by atoms with Gasteiger partial charge < -0.3 is 5.73 Å². The first kappa shape index (κ1) is 12.2. The normalized spacial score (nSPS) is 14.4. The van der Waals surface area contributed by atoms with E-state index >= 15 is 0 Å². The number of thiazole rings is 1. The zero-order chi connectivity index (χ0) is 13.4. The van der Waals surface area contributed by atoms with Crippen LogP contribution in [0.15, 0.2) is 23.6 Å². The number of anilines is 2. The van der Waals surface area contributed by atoms with Crippen molar-refractivity contribution < 1.29 is 4.79 Å². The SMILES string of the molecule is Cc1cc(C(=O)Nc2nc(C3CC3)cs2)ccc1N. The lowest BCUT2D eigenvalue weighted by Gasteiger charge is -2.04. The highest BCUT2D eigenvalue weighted by Gasteiger charge is 2.26. The van der Waals surface area contributed by atoms with Gasteiger partial charge in [0.25, 0.3) is 5.91 Å². The van der Waals surface area contributed by atoms with E-state index in [-0.39, 0.29) is 5.91 Å². The molecule has 5 heteroatoms. The largest absolute Gasteiger partial charge is 0.399 e. The summed E-state index contributed by atoms with van der Waals surface area (Å²) in [4.78, 5) is 16.5. The molecule has 4 nitrogen and oxygen atoms in total. The van der Waals surface area contributed by atoms with Crippen molar-refractivity contribution in [3.8, 4) is 0 Å². The van der Waals surface area contributed by atoms with Crippen LogP contribution >= 0.6 is 11.3 Å². The summed E-state index contributed by atoms with van der Waals surface area (Å²) in [6.45, 7) is 1.89. The topological polar surface area (TPSA) is 68.0 Å². The minimum absolute atomic E-state index is 0.139. The van der Waals surface area contributed by atoms with Crippen LogP contribution in [0.4, 0.5) is 10.8 Å². The molecule has 0 atom stereocenters. The van der Waals surface area contributed by atoms with E-state index in [4.69, 9.17) is 5.73 Å². The minimum atomic E-state index is -0.139. The monoisotopic (exact) mass is 273 g/mol. The summed E-state index contributed by atoms with van der Waals surface area (Å²) in [5.41, 5.74) is 9.06. The molecular formula is C14H15N3OS. The second kappa shape index (κ2) is 4.66. The average molecular weight is 273 g/mol. The Morgan fingerprint density at radius 1 is 1.47 bits per heavy atom. The molecule has 1 saturated carbocycles. The number of carbonyl (C=O) groups is 1. The van der Waals surface area contributed by atoms with Gasteiger partial charge in [-0.1, -0.05) is 0 Å². The van der Waals surface area contributed by atoms with E-state index < -0.39 is 0 Å². The van der Waals surface area contributed by atoms with Crippen molar-refractivity contribution in [3.63, 3.8) is 0 Å². The van der Waals surface area contributed by atoms with Crippen molar-refractivity contribution in [2.24, 2.45) is 0 Å². The van der Waals surface area contributed by atoms with Crippen molar-refractivity contribution in [1.82, 2.24) is 4.98 Å². The first-order valence-corrected chi connectivity index (χ1v) is 7.14. The summed E-state index contributed by atoms with van der Waals surface area (Å²) in [6, 6.07) is 5.27. The van der Waals surface area contributed by atoms with Gasteiger partial charge in [0.05, 0.1) is 5.69 Å². The van der Waals surface area contributed by atoms with E-state index in [1.807, 2.05) is 12.3 Å². The Morgan fingerprint density at radius 3 is 2.95 bits per heavy atom. The Bertz CT molecular complexity index is 631. The molecule has 0 bridgehead atoms. The number of benzene rings is 1. The van der Waals surface area contributed by atoms with E-state index in [0.717, 1.165) is 11.3 Å². The molecule has 3 N–H and O–H groups in total. The van der Waals surface area contributed by atoms with E-state index in [1.165, 1.54) is 24.2 Å². The quantitative estimate of drug-likeness (QED) is 0.844. The number of hydrogen-bond donors (Lipinski definition) is 2. The lowest BCUT2D eigenvalue weighted by atomic mass is 10.1. The van der Waals surface area contributed by atoms with Gasteiger partial charge in [0.1, 0.15) is 0 Å². The third-order valence-electron chi connectivity index (χ3n) is 3.27. The van der Waals surface area contributed by atoms with E-state index in [9.17, 15) is 4.79 Å². The summed E-state index contributed by atoms with van der Waals surface area (Å²) < 4.78 is 0. The maximum atomic E-state index is 12.1. The molecule has 0 radical (unpaired) electrons. The fourth-order valence-electron chi connectivity index (χ4n) is 1.90. The van der Waals surface area contributed by atoms with Gasteiger partial charge in [0, 0.05) is 22.5 Å². The Balaban J connectivity index is 1.74. The minimum Gasteiger partial charge on any atom is -0.399 e. The fraction of sp³-hybridized carbons (Fsp3) is 0.286. The van der Waals surface area contributed by atoms with Gasteiger partial charge in [-0.05, 0) is 43.5 Å². The van der Waals surface area contributed by atoms with Gasteiger partial charge in [-0.15, -0.1) is 11.3 Å². The van der Waals surface area contributed by atoms with Gasteiger partial charge in [0.15, 0.2) is 5.13 Å². The second-order valence-corrected chi connectivity index (χ2v) is 5.74. The van der Waals surface area contributed by atoms with Crippen molar-refractivity contribution >= 4 is 28.1 Å². The van der Waals surface area contributed by atoms with Gasteiger partial charge in [-0.25, -0.2) is 4.98 Å². The number of aryl methyl sites for hydroxylation is 1. The second-order valence-electron chi connectivity index (χ2n) is 4.88. The maximum absolute atomic E-state index is 12.1. The van der Waals surface area contributed by atoms with Crippen LogP contribution < -0.4 is 11.1 Å². The van der Waals surface area contributed by atoms with Crippen molar-refractivity contribution in [3.05, 3.63) is 40.4 Å². The third kappa shape index (κ3) is 2.61. The molecule has 1 aromatic carbocycles. The molecule has 0 unspecified atom stereocenters. The average Bonchev–Trinajstić information content (AvgIpc) is 3.14. The molecule has 2 aromatic rings.